The number of carbonyl (C=O) groups is 1. The summed E-state index contributed by atoms with van der Waals surface area (Å²) in [6, 6.07) is 7.98. The van der Waals surface area contributed by atoms with E-state index in [1.807, 2.05) is 25.1 Å². The topological polar surface area (TPSA) is 85.1 Å². The van der Waals surface area contributed by atoms with Gasteiger partial charge in [0.15, 0.2) is 5.82 Å². The zero-order chi connectivity index (χ0) is 22.9. The molecule has 1 N–H and O–H groups in total. The Hall–Kier alpha value is -2.69. The smallest absolute Gasteiger partial charge is 0.240 e. The Bertz CT molecular complexity index is 1060. The Morgan fingerprint density at radius 2 is 2.19 bits per heavy atom. The highest BCUT2D eigenvalue weighted by molar-refractivity contribution is 6.31. The number of aryl methyl sites for hydroxylation is 1. The van der Waals surface area contributed by atoms with E-state index in [2.05, 4.69) is 40.3 Å². The molecular formula is C24H29ClN6O. The Balaban J connectivity index is 1.60. The van der Waals surface area contributed by atoms with E-state index in [1.165, 1.54) is 0 Å². The molecule has 0 spiro atoms. The molecule has 1 saturated heterocycles. The summed E-state index contributed by atoms with van der Waals surface area (Å²) in [5.74, 6) is 1.82. The van der Waals surface area contributed by atoms with Gasteiger partial charge >= 0.3 is 0 Å². The van der Waals surface area contributed by atoms with Crippen LogP contribution in [0.25, 0.3) is 11.4 Å². The monoisotopic (exact) mass is 452 g/mol. The maximum atomic E-state index is 12.5. The van der Waals surface area contributed by atoms with Crippen molar-refractivity contribution >= 4 is 23.3 Å². The fourth-order valence-corrected chi connectivity index (χ4v) is 4.40. The molecule has 2 fully saturated rings. The standard InChI is InChI=1S/C24H29ClN6O/c1-16-4-5-18(10-20(16)25)21-27-11-19(12-28-23(32)24(15-26)7-8-24)22(29-21)31-9-6-17(14-31)13-30(2)3/h4-5,10-11,17H,6-9,12-14H2,1-3H3,(H,28,32). The molecule has 1 aliphatic carbocycles. The van der Waals surface area contributed by atoms with Gasteiger partial charge in [0.05, 0.1) is 6.07 Å². The van der Waals surface area contributed by atoms with Crippen LogP contribution in [0.3, 0.4) is 0 Å². The number of nitrogens with one attached hydrogen (secondary N) is 1. The van der Waals surface area contributed by atoms with Crippen molar-refractivity contribution in [2.24, 2.45) is 11.3 Å². The third-order valence-corrected chi connectivity index (χ3v) is 6.73. The van der Waals surface area contributed by atoms with E-state index in [0.717, 1.165) is 48.6 Å². The number of nitrogens with zero attached hydrogens (tertiary/aromatic N) is 5. The predicted molar refractivity (Wildman–Crippen MR) is 125 cm³/mol. The van der Waals surface area contributed by atoms with Gasteiger partial charge in [0, 0.05) is 48.5 Å². The van der Waals surface area contributed by atoms with E-state index in [-0.39, 0.29) is 5.91 Å². The average Bonchev–Trinajstić information content (AvgIpc) is 3.45. The number of rotatable bonds is 7. The summed E-state index contributed by atoms with van der Waals surface area (Å²) < 4.78 is 0. The van der Waals surface area contributed by atoms with E-state index in [4.69, 9.17) is 16.6 Å². The zero-order valence-electron chi connectivity index (χ0n) is 18.9. The molecule has 168 valence electrons. The van der Waals surface area contributed by atoms with E-state index < -0.39 is 5.41 Å². The van der Waals surface area contributed by atoms with Crippen LogP contribution < -0.4 is 10.2 Å². The number of hydrogen-bond acceptors (Lipinski definition) is 6. The van der Waals surface area contributed by atoms with Crippen LogP contribution in [0.2, 0.25) is 5.02 Å². The summed E-state index contributed by atoms with van der Waals surface area (Å²) in [5.41, 5.74) is 1.89. The van der Waals surface area contributed by atoms with Crippen LogP contribution in [0.5, 0.6) is 0 Å². The first-order chi connectivity index (χ1) is 15.3. The molecule has 1 aliphatic heterocycles. The normalized spacial score (nSPS) is 19.1. The third-order valence-electron chi connectivity index (χ3n) is 6.32. The van der Waals surface area contributed by atoms with E-state index in [0.29, 0.717) is 36.2 Å². The molecule has 2 aliphatic rings. The summed E-state index contributed by atoms with van der Waals surface area (Å²) in [5, 5.41) is 12.9. The molecular weight excluding hydrogens is 424 g/mol. The molecule has 1 atom stereocenters. The van der Waals surface area contributed by atoms with Gasteiger partial charge in [0.25, 0.3) is 0 Å². The maximum Gasteiger partial charge on any atom is 0.240 e. The number of anilines is 1. The molecule has 32 heavy (non-hydrogen) atoms. The molecule has 1 aromatic carbocycles. The van der Waals surface area contributed by atoms with Crippen LogP contribution in [-0.2, 0) is 11.3 Å². The minimum absolute atomic E-state index is 0.202. The largest absolute Gasteiger partial charge is 0.356 e. The van der Waals surface area contributed by atoms with Crippen LogP contribution in [0.1, 0.15) is 30.4 Å². The van der Waals surface area contributed by atoms with E-state index in [1.54, 1.807) is 6.20 Å². The molecule has 8 heteroatoms. The van der Waals surface area contributed by atoms with Gasteiger partial charge in [0.1, 0.15) is 11.2 Å². The van der Waals surface area contributed by atoms with Crippen molar-refractivity contribution < 1.29 is 4.79 Å². The van der Waals surface area contributed by atoms with Crippen molar-refractivity contribution in [2.45, 2.75) is 32.7 Å². The minimum atomic E-state index is -0.843. The van der Waals surface area contributed by atoms with Crippen LogP contribution in [-0.4, -0.2) is 54.5 Å². The van der Waals surface area contributed by atoms with E-state index >= 15 is 0 Å². The Morgan fingerprint density at radius 1 is 1.41 bits per heavy atom. The molecule has 2 aromatic rings. The van der Waals surface area contributed by atoms with Gasteiger partial charge in [-0.15, -0.1) is 0 Å². The first-order valence-electron chi connectivity index (χ1n) is 11.0. The molecule has 4 rings (SSSR count). The summed E-state index contributed by atoms with van der Waals surface area (Å²) in [6.45, 7) is 5.12. The summed E-state index contributed by atoms with van der Waals surface area (Å²) >= 11 is 6.33. The second kappa shape index (κ2) is 9.05. The number of amides is 1. The molecule has 1 aromatic heterocycles. The van der Waals surface area contributed by atoms with E-state index in [9.17, 15) is 10.1 Å². The quantitative estimate of drug-likeness (QED) is 0.692. The third kappa shape index (κ3) is 4.72. The van der Waals surface area contributed by atoms with Crippen molar-refractivity contribution in [3.63, 3.8) is 0 Å². The van der Waals surface area contributed by atoms with Gasteiger partial charge in [-0.05, 0) is 57.8 Å². The molecule has 1 amide bonds. The first-order valence-corrected chi connectivity index (χ1v) is 11.4. The Labute approximate surface area is 194 Å². The Kier molecular flexibility index (Phi) is 6.36. The minimum Gasteiger partial charge on any atom is -0.356 e. The van der Waals surface area contributed by atoms with Gasteiger partial charge in [-0.3, -0.25) is 4.79 Å². The lowest BCUT2D eigenvalue weighted by Gasteiger charge is -2.22. The number of hydrogen-bond donors (Lipinski definition) is 1. The first kappa shape index (κ1) is 22.5. The van der Waals surface area contributed by atoms with Gasteiger partial charge in [-0.25, -0.2) is 9.97 Å². The van der Waals surface area contributed by atoms with Crippen LogP contribution >= 0.6 is 11.6 Å². The maximum absolute atomic E-state index is 12.5. The fourth-order valence-electron chi connectivity index (χ4n) is 4.22. The average molecular weight is 453 g/mol. The highest BCUT2D eigenvalue weighted by Crippen LogP contribution is 2.45. The lowest BCUT2D eigenvalue weighted by molar-refractivity contribution is -0.124. The van der Waals surface area contributed by atoms with Crippen LogP contribution in [0.15, 0.2) is 24.4 Å². The number of aromatic nitrogens is 2. The Morgan fingerprint density at radius 3 is 2.84 bits per heavy atom. The summed E-state index contributed by atoms with van der Waals surface area (Å²) in [4.78, 5) is 26.5. The lowest BCUT2D eigenvalue weighted by atomic mass is 10.1. The summed E-state index contributed by atoms with van der Waals surface area (Å²) in [7, 11) is 4.19. The highest BCUT2D eigenvalue weighted by atomic mass is 35.5. The molecule has 0 radical (unpaired) electrons. The zero-order valence-corrected chi connectivity index (χ0v) is 19.6. The number of halogens is 1. The predicted octanol–water partition coefficient (Wildman–Crippen LogP) is 3.41. The summed E-state index contributed by atoms with van der Waals surface area (Å²) in [6.07, 6.45) is 4.14. The van der Waals surface area contributed by atoms with Crippen molar-refractivity contribution in [2.75, 3.05) is 38.6 Å². The molecule has 1 unspecified atom stereocenters. The SMILES string of the molecule is Cc1ccc(-c2ncc(CNC(=O)C3(C#N)CC3)c(N3CCC(CN(C)C)C3)n2)cc1Cl. The second-order valence-corrected chi connectivity index (χ2v) is 9.65. The molecule has 1 saturated carbocycles. The number of nitriles is 1. The second-order valence-electron chi connectivity index (χ2n) is 9.25. The van der Waals surface area contributed by atoms with Crippen molar-refractivity contribution in [3.8, 4) is 17.5 Å². The van der Waals surface area contributed by atoms with Gasteiger partial charge in [0.2, 0.25) is 5.91 Å². The number of benzene rings is 1. The number of carbonyl (C=O) groups excluding carboxylic acids is 1. The van der Waals surface area contributed by atoms with Crippen LogP contribution in [0, 0.1) is 29.6 Å². The molecule has 2 heterocycles. The van der Waals surface area contributed by atoms with Crippen molar-refractivity contribution in [1.29, 1.82) is 5.26 Å². The van der Waals surface area contributed by atoms with Gasteiger partial charge < -0.3 is 15.1 Å². The molecule has 7 nitrogen and oxygen atoms in total. The van der Waals surface area contributed by atoms with Crippen molar-refractivity contribution in [1.82, 2.24) is 20.2 Å². The molecule has 0 bridgehead atoms. The fraction of sp³-hybridized carbons (Fsp3) is 0.500. The highest BCUT2D eigenvalue weighted by Gasteiger charge is 2.50. The van der Waals surface area contributed by atoms with Crippen molar-refractivity contribution in [3.05, 3.63) is 40.5 Å². The van der Waals surface area contributed by atoms with Crippen LogP contribution in [0.4, 0.5) is 5.82 Å². The van der Waals surface area contributed by atoms with Gasteiger partial charge in [-0.2, -0.15) is 5.26 Å². The lowest BCUT2D eigenvalue weighted by Crippen LogP contribution is -2.32. The van der Waals surface area contributed by atoms with Gasteiger partial charge in [-0.1, -0.05) is 23.7 Å².